The van der Waals surface area contributed by atoms with Crippen molar-refractivity contribution in [3.63, 3.8) is 0 Å². The fraction of sp³-hybridized carbons (Fsp3) is 0.0952. The van der Waals surface area contributed by atoms with E-state index in [2.05, 4.69) is 15.6 Å². The van der Waals surface area contributed by atoms with Crippen LogP contribution in [0, 0.1) is 0 Å². The lowest BCUT2D eigenvalue weighted by Crippen LogP contribution is -2.17. The first-order chi connectivity index (χ1) is 13.6. The maximum absolute atomic E-state index is 12.6. The molecule has 0 atom stereocenters. The van der Waals surface area contributed by atoms with E-state index in [1.54, 1.807) is 42.5 Å². The molecule has 142 valence electrons. The van der Waals surface area contributed by atoms with Gasteiger partial charge in [-0.1, -0.05) is 23.7 Å². The Labute approximate surface area is 167 Å². The van der Waals surface area contributed by atoms with Gasteiger partial charge in [0.15, 0.2) is 0 Å². The van der Waals surface area contributed by atoms with Crippen molar-refractivity contribution in [2.45, 2.75) is 6.92 Å². The molecule has 0 aliphatic rings. The third-order valence-corrected chi connectivity index (χ3v) is 4.04. The van der Waals surface area contributed by atoms with Gasteiger partial charge >= 0.3 is 0 Å². The van der Waals surface area contributed by atoms with Crippen molar-refractivity contribution in [1.82, 2.24) is 4.98 Å². The normalized spacial score (nSPS) is 10.2. The van der Waals surface area contributed by atoms with Gasteiger partial charge in [-0.3, -0.25) is 14.6 Å². The molecule has 3 aromatic rings. The second kappa shape index (κ2) is 9.01. The number of hydrogen-bond donors (Lipinski definition) is 2. The van der Waals surface area contributed by atoms with Crippen LogP contribution < -0.4 is 15.4 Å². The molecule has 6 nitrogen and oxygen atoms in total. The summed E-state index contributed by atoms with van der Waals surface area (Å²) in [5.74, 6) is -0.225. The van der Waals surface area contributed by atoms with Crippen LogP contribution in [-0.2, 0) is 0 Å². The molecule has 0 unspecified atom stereocenters. The Hall–Kier alpha value is -3.38. The highest BCUT2D eigenvalue weighted by Gasteiger charge is 2.14. The van der Waals surface area contributed by atoms with Gasteiger partial charge in [-0.2, -0.15) is 0 Å². The van der Waals surface area contributed by atoms with E-state index in [4.69, 9.17) is 16.3 Å². The molecular weight excluding hydrogens is 378 g/mol. The van der Waals surface area contributed by atoms with Crippen LogP contribution in [0.3, 0.4) is 0 Å². The molecule has 0 fully saturated rings. The van der Waals surface area contributed by atoms with E-state index in [1.165, 1.54) is 18.3 Å². The van der Waals surface area contributed by atoms with Crippen LogP contribution in [0.15, 0.2) is 66.9 Å². The van der Waals surface area contributed by atoms with Gasteiger partial charge in [0, 0.05) is 22.5 Å². The minimum Gasteiger partial charge on any atom is -0.492 e. The monoisotopic (exact) mass is 395 g/mol. The number of nitrogens with one attached hydrogen (secondary N) is 2. The van der Waals surface area contributed by atoms with E-state index < -0.39 is 5.91 Å². The lowest BCUT2D eigenvalue weighted by Gasteiger charge is -2.11. The number of para-hydroxylation sites is 2. The zero-order valence-electron chi connectivity index (χ0n) is 15.1. The summed E-state index contributed by atoms with van der Waals surface area (Å²) in [5.41, 5.74) is 1.57. The quantitative estimate of drug-likeness (QED) is 0.637. The largest absolute Gasteiger partial charge is 0.492 e. The Morgan fingerprint density at radius 3 is 2.50 bits per heavy atom. The minimum atomic E-state index is -0.437. The van der Waals surface area contributed by atoms with E-state index in [0.29, 0.717) is 34.3 Å². The van der Waals surface area contributed by atoms with Crippen molar-refractivity contribution in [3.05, 3.63) is 83.1 Å². The van der Waals surface area contributed by atoms with Crippen molar-refractivity contribution < 1.29 is 14.3 Å². The second-order valence-corrected chi connectivity index (χ2v) is 6.21. The van der Waals surface area contributed by atoms with Crippen molar-refractivity contribution in [2.75, 3.05) is 17.2 Å². The van der Waals surface area contributed by atoms with Gasteiger partial charge in [-0.25, -0.2) is 0 Å². The average Bonchev–Trinajstić information content (AvgIpc) is 2.71. The van der Waals surface area contributed by atoms with E-state index in [-0.39, 0.29) is 11.6 Å². The molecular formula is C21H18ClN3O3. The number of hydrogen-bond acceptors (Lipinski definition) is 4. The van der Waals surface area contributed by atoms with Gasteiger partial charge in [0.1, 0.15) is 11.4 Å². The summed E-state index contributed by atoms with van der Waals surface area (Å²) < 4.78 is 5.50. The van der Waals surface area contributed by atoms with Crippen molar-refractivity contribution in [3.8, 4) is 5.75 Å². The third-order valence-electron chi connectivity index (χ3n) is 3.79. The Morgan fingerprint density at radius 2 is 1.75 bits per heavy atom. The fourth-order valence-electron chi connectivity index (χ4n) is 2.47. The van der Waals surface area contributed by atoms with Gasteiger partial charge in [0.25, 0.3) is 11.8 Å². The minimum absolute atomic E-state index is 0.120. The zero-order valence-corrected chi connectivity index (χ0v) is 15.9. The third kappa shape index (κ3) is 4.86. The fourth-order valence-corrected chi connectivity index (χ4v) is 2.60. The van der Waals surface area contributed by atoms with Crippen molar-refractivity contribution in [2.24, 2.45) is 0 Å². The molecule has 0 bridgehead atoms. The van der Waals surface area contributed by atoms with E-state index >= 15 is 0 Å². The Kier molecular flexibility index (Phi) is 6.24. The molecule has 1 aromatic heterocycles. The van der Waals surface area contributed by atoms with E-state index in [1.807, 2.05) is 13.0 Å². The number of ether oxygens (including phenoxy) is 1. The second-order valence-electron chi connectivity index (χ2n) is 5.77. The number of carbonyl (C=O) groups excluding carboxylic acids is 2. The van der Waals surface area contributed by atoms with Crippen LogP contribution in [0.1, 0.15) is 27.8 Å². The molecule has 0 saturated carbocycles. The van der Waals surface area contributed by atoms with Gasteiger partial charge in [0.05, 0.1) is 12.3 Å². The summed E-state index contributed by atoms with van der Waals surface area (Å²) >= 11 is 5.84. The van der Waals surface area contributed by atoms with Gasteiger partial charge < -0.3 is 15.4 Å². The predicted octanol–water partition coefficient (Wildman–Crippen LogP) is 4.64. The lowest BCUT2D eigenvalue weighted by atomic mass is 10.2. The number of anilines is 2. The number of carbonyl (C=O) groups is 2. The van der Waals surface area contributed by atoms with Crippen LogP contribution in [0.25, 0.3) is 0 Å². The number of nitrogens with zero attached hydrogens (tertiary/aromatic N) is 1. The van der Waals surface area contributed by atoms with Crippen LogP contribution >= 0.6 is 11.6 Å². The summed E-state index contributed by atoms with van der Waals surface area (Å²) in [4.78, 5) is 29.1. The smallest absolute Gasteiger partial charge is 0.274 e. The van der Waals surface area contributed by atoms with Gasteiger partial charge in [-0.15, -0.1) is 0 Å². The SMILES string of the molecule is CCOc1ccccc1NC(=O)c1cc(C(=O)Nc2ccc(Cl)cc2)ccn1. The maximum atomic E-state index is 12.6. The zero-order chi connectivity index (χ0) is 19.9. The number of benzene rings is 2. The molecule has 0 aliphatic heterocycles. The Morgan fingerprint density at radius 1 is 1.00 bits per heavy atom. The first kappa shape index (κ1) is 19.4. The number of halogens is 1. The summed E-state index contributed by atoms with van der Waals surface area (Å²) in [7, 11) is 0. The van der Waals surface area contributed by atoms with Crippen molar-refractivity contribution in [1.29, 1.82) is 0 Å². The van der Waals surface area contributed by atoms with E-state index in [0.717, 1.165) is 0 Å². The van der Waals surface area contributed by atoms with Crippen LogP contribution in [0.2, 0.25) is 5.02 Å². The molecule has 7 heteroatoms. The molecule has 0 radical (unpaired) electrons. The molecule has 28 heavy (non-hydrogen) atoms. The summed E-state index contributed by atoms with van der Waals surface area (Å²) in [6.07, 6.45) is 1.42. The predicted molar refractivity (Wildman–Crippen MR) is 109 cm³/mol. The molecule has 3 rings (SSSR count). The van der Waals surface area contributed by atoms with Crippen LogP contribution in [0.4, 0.5) is 11.4 Å². The summed E-state index contributed by atoms with van der Waals surface area (Å²) in [6, 6.07) is 16.8. The number of amides is 2. The highest BCUT2D eigenvalue weighted by molar-refractivity contribution is 6.30. The van der Waals surface area contributed by atoms with Crippen LogP contribution in [-0.4, -0.2) is 23.4 Å². The summed E-state index contributed by atoms with van der Waals surface area (Å²) in [6.45, 7) is 2.34. The molecule has 2 amide bonds. The summed E-state index contributed by atoms with van der Waals surface area (Å²) in [5, 5.41) is 6.09. The highest BCUT2D eigenvalue weighted by atomic mass is 35.5. The number of pyridine rings is 1. The molecule has 2 aromatic carbocycles. The van der Waals surface area contributed by atoms with Gasteiger partial charge in [0.2, 0.25) is 0 Å². The molecule has 0 saturated heterocycles. The van der Waals surface area contributed by atoms with Crippen molar-refractivity contribution >= 4 is 34.8 Å². The molecule has 0 aliphatic carbocycles. The first-order valence-electron chi connectivity index (χ1n) is 8.63. The van der Waals surface area contributed by atoms with E-state index in [9.17, 15) is 9.59 Å². The standard InChI is InChI=1S/C21H18ClN3O3/c1-2-28-19-6-4-3-5-17(19)25-21(27)18-13-14(11-12-23-18)20(26)24-16-9-7-15(22)8-10-16/h3-13H,2H2,1H3,(H,24,26)(H,25,27). The van der Waals surface area contributed by atoms with Gasteiger partial charge in [-0.05, 0) is 55.5 Å². The Bertz CT molecular complexity index is 990. The average molecular weight is 396 g/mol. The van der Waals surface area contributed by atoms with Crippen LogP contribution in [0.5, 0.6) is 5.75 Å². The topological polar surface area (TPSA) is 80.3 Å². The maximum Gasteiger partial charge on any atom is 0.274 e. The number of rotatable bonds is 6. The number of aromatic nitrogens is 1. The lowest BCUT2D eigenvalue weighted by molar-refractivity contribution is 0.102. The molecule has 1 heterocycles. The first-order valence-corrected chi connectivity index (χ1v) is 9.00. The molecule has 2 N–H and O–H groups in total. The highest BCUT2D eigenvalue weighted by Crippen LogP contribution is 2.24. The molecule has 0 spiro atoms. The Balaban J connectivity index is 1.74.